The SMILES string of the molecule is CO[C@H]1C[C@H]2CN(S(=O)(=O)c3ccc(F)cc3)[C@@H](C)C(=O)N2C1. The number of amides is 1. The van der Waals surface area contributed by atoms with Crippen LogP contribution in [0.25, 0.3) is 0 Å². The average molecular weight is 342 g/mol. The van der Waals surface area contributed by atoms with Gasteiger partial charge in [0.2, 0.25) is 15.9 Å². The highest BCUT2D eigenvalue weighted by molar-refractivity contribution is 7.89. The van der Waals surface area contributed by atoms with Crippen LogP contribution < -0.4 is 0 Å². The van der Waals surface area contributed by atoms with Crippen molar-refractivity contribution in [1.29, 1.82) is 0 Å². The summed E-state index contributed by atoms with van der Waals surface area (Å²) in [4.78, 5) is 14.2. The van der Waals surface area contributed by atoms with E-state index in [0.29, 0.717) is 13.0 Å². The molecule has 1 aromatic carbocycles. The van der Waals surface area contributed by atoms with Gasteiger partial charge in [0.15, 0.2) is 0 Å². The van der Waals surface area contributed by atoms with Crippen LogP contribution in [0.1, 0.15) is 13.3 Å². The van der Waals surface area contributed by atoms with Gasteiger partial charge in [0.05, 0.1) is 11.0 Å². The fraction of sp³-hybridized carbons (Fsp3) is 0.533. The Morgan fingerprint density at radius 2 is 1.87 bits per heavy atom. The van der Waals surface area contributed by atoms with E-state index < -0.39 is 21.9 Å². The molecule has 0 aliphatic carbocycles. The van der Waals surface area contributed by atoms with Crippen LogP contribution in [0.3, 0.4) is 0 Å². The van der Waals surface area contributed by atoms with Crippen molar-refractivity contribution in [2.45, 2.75) is 36.4 Å². The molecular formula is C15H19FN2O4S. The zero-order valence-corrected chi connectivity index (χ0v) is 13.8. The third-order valence-corrected chi connectivity index (χ3v) is 6.54. The first kappa shape index (κ1) is 16.4. The molecule has 2 aliphatic heterocycles. The molecule has 6 nitrogen and oxygen atoms in total. The molecular weight excluding hydrogens is 323 g/mol. The van der Waals surface area contributed by atoms with Gasteiger partial charge < -0.3 is 9.64 Å². The van der Waals surface area contributed by atoms with E-state index in [9.17, 15) is 17.6 Å². The summed E-state index contributed by atoms with van der Waals surface area (Å²) in [5.74, 6) is -0.719. The monoisotopic (exact) mass is 342 g/mol. The first-order chi connectivity index (χ1) is 10.8. The lowest BCUT2D eigenvalue weighted by atomic mass is 10.1. The molecule has 2 heterocycles. The van der Waals surface area contributed by atoms with Crippen LogP contribution in [0.2, 0.25) is 0 Å². The highest BCUT2D eigenvalue weighted by Crippen LogP contribution is 2.30. The van der Waals surface area contributed by atoms with E-state index in [-0.39, 0.29) is 29.5 Å². The number of carbonyl (C=O) groups excluding carboxylic acids is 1. The normalized spacial score (nSPS) is 28.9. The summed E-state index contributed by atoms with van der Waals surface area (Å²) in [7, 11) is -2.26. The standard InChI is InChI=1S/C15H19FN2O4S/c1-10-15(19)17-9-13(22-2)7-12(17)8-18(10)23(20,21)14-5-3-11(16)4-6-14/h3-6,10,12-13H,7-9H2,1-2H3/t10-,12-,13-/m0/s1. The fourth-order valence-corrected chi connectivity index (χ4v) is 4.89. The van der Waals surface area contributed by atoms with E-state index >= 15 is 0 Å². The first-order valence-corrected chi connectivity index (χ1v) is 8.89. The largest absolute Gasteiger partial charge is 0.380 e. The maximum absolute atomic E-state index is 13.0. The number of piperazine rings is 1. The smallest absolute Gasteiger partial charge is 0.243 e. The lowest BCUT2D eigenvalue weighted by Crippen LogP contribution is -2.59. The molecule has 8 heteroatoms. The minimum Gasteiger partial charge on any atom is -0.380 e. The molecule has 126 valence electrons. The van der Waals surface area contributed by atoms with Gasteiger partial charge in [0.1, 0.15) is 11.9 Å². The van der Waals surface area contributed by atoms with Crippen LogP contribution in [0, 0.1) is 5.82 Å². The number of rotatable bonds is 3. The number of nitrogens with zero attached hydrogens (tertiary/aromatic N) is 2. The molecule has 0 bridgehead atoms. The Morgan fingerprint density at radius 1 is 1.22 bits per heavy atom. The summed E-state index contributed by atoms with van der Waals surface area (Å²) < 4.78 is 45.1. The predicted octanol–water partition coefficient (Wildman–Crippen LogP) is 0.834. The van der Waals surface area contributed by atoms with E-state index in [0.717, 1.165) is 12.1 Å². The molecule has 0 aromatic heterocycles. The van der Waals surface area contributed by atoms with Gasteiger partial charge in [0.25, 0.3) is 0 Å². The van der Waals surface area contributed by atoms with E-state index in [1.807, 2.05) is 0 Å². The number of sulfonamides is 1. The van der Waals surface area contributed by atoms with Gasteiger partial charge in [-0.25, -0.2) is 12.8 Å². The number of halogens is 1. The Bertz CT molecular complexity index is 707. The molecule has 0 spiro atoms. The lowest BCUT2D eigenvalue weighted by Gasteiger charge is -2.40. The van der Waals surface area contributed by atoms with Gasteiger partial charge in [0, 0.05) is 26.2 Å². The Morgan fingerprint density at radius 3 is 2.48 bits per heavy atom. The maximum Gasteiger partial charge on any atom is 0.243 e. The second kappa shape index (κ2) is 5.85. The van der Waals surface area contributed by atoms with Crippen LogP contribution in [0.4, 0.5) is 4.39 Å². The van der Waals surface area contributed by atoms with E-state index in [1.54, 1.807) is 18.9 Å². The van der Waals surface area contributed by atoms with Crippen LogP contribution in [0.15, 0.2) is 29.2 Å². The zero-order chi connectivity index (χ0) is 16.8. The van der Waals surface area contributed by atoms with Crippen LogP contribution >= 0.6 is 0 Å². The molecule has 2 fully saturated rings. The van der Waals surface area contributed by atoms with Gasteiger partial charge in [-0.1, -0.05) is 0 Å². The molecule has 0 unspecified atom stereocenters. The number of carbonyl (C=O) groups is 1. The summed E-state index contributed by atoms with van der Waals surface area (Å²) >= 11 is 0. The highest BCUT2D eigenvalue weighted by Gasteiger charge is 2.47. The molecule has 1 amide bonds. The van der Waals surface area contributed by atoms with E-state index in [1.165, 1.54) is 16.4 Å². The van der Waals surface area contributed by atoms with Crippen LogP contribution in [-0.2, 0) is 19.6 Å². The van der Waals surface area contributed by atoms with Crippen LogP contribution in [-0.4, -0.2) is 61.9 Å². The minimum atomic E-state index is -3.85. The minimum absolute atomic E-state index is 0.00621. The molecule has 2 saturated heterocycles. The summed E-state index contributed by atoms with van der Waals surface area (Å²) in [6.07, 6.45) is 0.550. The Balaban J connectivity index is 1.90. The molecule has 1 aromatic rings. The zero-order valence-electron chi connectivity index (χ0n) is 13.0. The number of fused-ring (bicyclic) bond motifs is 1. The van der Waals surface area contributed by atoms with Crippen molar-refractivity contribution in [3.8, 4) is 0 Å². The van der Waals surface area contributed by atoms with Gasteiger partial charge in [-0.3, -0.25) is 4.79 Å². The molecule has 2 aliphatic rings. The number of methoxy groups -OCH3 is 1. The molecule has 23 heavy (non-hydrogen) atoms. The fourth-order valence-electron chi connectivity index (χ4n) is 3.26. The quantitative estimate of drug-likeness (QED) is 0.816. The van der Waals surface area contributed by atoms with Crippen molar-refractivity contribution < 1.29 is 22.3 Å². The summed E-state index contributed by atoms with van der Waals surface area (Å²) in [5, 5.41) is 0. The first-order valence-electron chi connectivity index (χ1n) is 7.45. The topological polar surface area (TPSA) is 66.9 Å². The van der Waals surface area contributed by atoms with E-state index in [4.69, 9.17) is 4.74 Å². The van der Waals surface area contributed by atoms with Crippen molar-refractivity contribution >= 4 is 15.9 Å². The molecule has 0 N–H and O–H groups in total. The van der Waals surface area contributed by atoms with Crippen molar-refractivity contribution in [2.75, 3.05) is 20.2 Å². The molecule has 3 atom stereocenters. The lowest BCUT2D eigenvalue weighted by molar-refractivity contribution is -0.139. The third kappa shape index (κ3) is 2.75. The molecule has 3 rings (SSSR count). The third-order valence-electron chi connectivity index (χ3n) is 4.59. The molecule has 0 radical (unpaired) electrons. The Kier molecular flexibility index (Phi) is 4.16. The summed E-state index contributed by atoms with van der Waals surface area (Å²) in [5.41, 5.74) is 0. The number of benzene rings is 1. The van der Waals surface area contributed by atoms with Gasteiger partial charge in [-0.15, -0.1) is 0 Å². The van der Waals surface area contributed by atoms with Crippen LogP contribution in [0.5, 0.6) is 0 Å². The predicted molar refractivity (Wildman–Crippen MR) is 80.7 cm³/mol. The maximum atomic E-state index is 13.0. The van der Waals surface area contributed by atoms with Gasteiger partial charge in [-0.05, 0) is 37.6 Å². The number of hydrogen-bond acceptors (Lipinski definition) is 4. The summed E-state index contributed by atoms with van der Waals surface area (Å²) in [6, 6.07) is 3.69. The highest BCUT2D eigenvalue weighted by atomic mass is 32.2. The van der Waals surface area contributed by atoms with Crippen molar-refractivity contribution in [1.82, 2.24) is 9.21 Å². The Hall–Kier alpha value is -1.51. The van der Waals surface area contributed by atoms with Crippen molar-refractivity contribution in [3.05, 3.63) is 30.1 Å². The second-order valence-corrected chi connectivity index (χ2v) is 7.83. The number of hydrogen-bond donors (Lipinski definition) is 0. The average Bonchev–Trinajstić information content (AvgIpc) is 2.94. The summed E-state index contributed by atoms with van der Waals surface area (Å²) in [6.45, 7) is 2.31. The molecule has 0 saturated carbocycles. The second-order valence-electron chi connectivity index (χ2n) is 5.94. The van der Waals surface area contributed by atoms with Crippen molar-refractivity contribution in [3.63, 3.8) is 0 Å². The number of ether oxygens (including phenoxy) is 1. The van der Waals surface area contributed by atoms with E-state index in [2.05, 4.69) is 0 Å². The van der Waals surface area contributed by atoms with Crippen molar-refractivity contribution in [2.24, 2.45) is 0 Å². The van der Waals surface area contributed by atoms with Gasteiger partial charge >= 0.3 is 0 Å². The Labute approximate surface area is 134 Å². The van der Waals surface area contributed by atoms with Gasteiger partial charge in [-0.2, -0.15) is 4.31 Å².